The maximum Gasteiger partial charge on any atom is 0.350 e. The molecule has 0 aliphatic rings. The molecule has 1 N–H and O–H groups in total. The van der Waals surface area contributed by atoms with E-state index in [2.05, 4.69) is 92.6 Å². The van der Waals surface area contributed by atoms with E-state index in [1.54, 1.807) is 0 Å². The average Bonchev–Trinajstić information content (AvgIpc) is 2.89. The summed E-state index contributed by atoms with van der Waals surface area (Å²) >= 11 is 0. The van der Waals surface area contributed by atoms with Gasteiger partial charge in [0.05, 0.1) is 12.6 Å². The lowest BCUT2D eigenvalue weighted by Gasteiger charge is -2.23. The van der Waals surface area contributed by atoms with Crippen LogP contribution in [0.25, 0.3) is 0 Å². The van der Waals surface area contributed by atoms with Crippen molar-refractivity contribution in [3.63, 3.8) is 0 Å². The van der Waals surface area contributed by atoms with Crippen molar-refractivity contribution in [3.8, 4) is 12.0 Å². The Morgan fingerprint density at radius 1 is 0.737 bits per heavy atom. The van der Waals surface area contributed by atoms with Crippen molar-refractivity contribution < 1.29 is 9.84 Å². The molecular formula is C29H33N6O3-. The van der Waals surface area contributed by atoms with Crippen LogP contribution >= 0.6 is 0 Å². The Kier molecular flexibility index (Phi) is 8.15. The summed E-state index contributed by atoms with van der Waals surface area (Å²) in [5, 5.41) is 11.3. The van der Waals surface area contributed by atoms with E-state index < -0.39 is 11.7 Å². The van der Waals surface area contributed by atoms with Gasteiger partial charge in [-0.3, -0.25) is 0 Å². The normalized spacial score (nSPS) is 10.9. The minimum absolute atomic E-state index is 0.0831. The van der Waals surface area contributed by atoms with Gasteiger partial charge in [0.15, 0.2) is 0 Å². The number of hydrogen-bond donors (Lipinski definition) is 1. The molecule has 0 unspecified atom stereocenters. The number of rotatable bonds is 10. The molecule has 1 aromatic heterocycles. The van der Waals surface area contributed by atoms with Crippen molar-refractivity contribution in [1.82, 2.24) is 15.0 Å². The molecule has 0 bridgehead atoms. The molecule has 38 heavy (non-hydrogen) atoms. The third kappa shape index (κ3) is 6.42. The van der Waals surface area contributed by atoms with E-state index in [0.717, 1.165) is 17.1 Å². The first kappa shape index (κ1) is 26.5. The summed E-state index contributed by atoms with van der Waals surface area (Å²) in [6.07, 6.45) is 0. The number of H-pyrrole nitrogens is 1. The van der Waals surface area contributed by atoms with Gasteiger partial charge in [0.25, 0.3) is 0 Å². The number of benzene rings is 3. The van der Waals surface area contributed by atoms with E-state index in [1.807, 2.05) is 45.1 Å². The maximum absolute atomic E-state index is 11.3. The Morgan fingerprint density at radius 2 is 1.18 bits per heavy atom. The highest BCUT2D eigenvalue weighted by Crippen LogP contribution is 2.34. The Bertz CT molecular complexity index is 1330. The third-order valence-electron chi connectivity index (χ3n) is 6.42. The van der Waals surface area contributed by atoms with Crippen LogP contribution in [0.3, 0.4) is 0 Å². The highest BCUT2D eigenvalue weighted by Gasteiger charge is 2.18. The minimum Gasteiger partial charge on any atom is -0.846 e. The molecule has 0 atom stereocenters. The number of nitrogens with zero attached hydrogens (tertiary/aromatic N) is 5. The highest BCUT2D eigenvalue weighted by molar-refractivity contribution is 5.55. The fraction of sp³-hybridized carbons (Fsp3) is 0.276. The molecule has 4 aromatic rings. The van der Waals surface area contributed by atoms with Crippen LogP contribution in [0.15, 0.2) is 77.6 Å². The molecule has 0 saturated carbocycles. The lowest BCUT2D eigenvalue weighted by molar-refractivity contribution is -0.282. The molecule has 9 nitrogen and oxygen atoms in total. The summed E-state index contributed by atoms with van der Waals surface area (Å²) in [5.41, 5.74) is 6.19. The first-order valence-corrected chi connectivity index (χ1v) is 12.3. The molecule has 0 aliphatic heterocycles. The van der Waals surface area contributed by atoms with E-state index in [0.29, 0.717) is 6.54 Å². The summed E-state index contributed by atoms with van der Waals surface area (Å²) in [6.45, 7) is 0.741. The van der Waals surface area contributed by atoms with E-state index in [1.165, 1.54) is 16.7 Å². The molecule has 0 saturated heterocycles. The molecule has 4 rings (SSSR count). The predicted octanol–water partition coefficient (Wildman–Crippen LogP) is 3.07. The van der Waals surface area contributed by atoms with Crippen molar-refractivity contribution in [1.29, 1.82) is 0 Å². The van der Waals surface area contributed by atoms with Crippen LogP contribution in [0.4, 0.5) is 17.1 Å². The second-order valence-corrected chi connectivity index (χ2v) is 9.51. The fourth-order valence-corrected chi connectivity index (χ4v) is 4.24. The first-order valence-electron chi connectivity index (χ1n) is 12.3. The Labute approximate surface area is 223 Å². The van der Waals surface area contributed by atoms with E-state index in [9.17, 15) is 9.90 Å². The lowest BCUT2D eigenvalue weighted by Crippen LogP contribution is -2.25. The van der Waals surface area contributed by atoms with Gasteiger partial charge >= 0.3 is 11.7 Å². The molecule has 0 fully saturated rings. The number of aromatic amines is 1. The summed E-state index contributed by atoms with van der Waals surface area (Å²) in [6, 6.07) is 24.9. The number of hydrogen-bond acceptors (Lipinski definition) is 8. The molecular weight excluding hydrogens is 480 g/mol. The van der Waals surface area contributed by atoms with Crippen LogP contribution in [0, 0.1) is 0 Å². The highest BCUT2D eigenvalue weighted by atomic mass is 16.5. The van der Waals surface area contributed by atoms with E-state index in [4.69, 9.17) is 4.74 Å². The first-order chi connectivity index (χ1) is 18.2. The number of ether oxygens (including phenoxy) is 1. The monoisotopic (exact) mass is 513 g/mol. The predicted molar refractivity (Wildman–Crippen MR) is 150 cm³/mol. The summed E-state index contributed by atoms with van der Waals surface area (Å²) in [7, 11) is 10.1. The summed E-state index contributed by atoms with van der Waals surface area (Å²) in [4.78, 5) is 26.6. The van der Waals surface area contributed by atoms with Gasteiger partial charge < -0.3 is 29.5 Å². The zero-order chi connectivity index (χ0) is 27.2. The van der Waals surface area contributed by atoms with E-state index in [-0.39, 0.29) is 18.5 Å². The standard InChI is InChI=1S/C29H34N6O3/c1-33(2)23-12-6-20(7-13-23)26(21-8-14-24(15-9-21)34(3)4)22-10-16-25(17-11-22)35(5)18-19-38-29-31-27(36)30-28(37)32-29/h6-17,26H,18-19H2,1-5H3,(H2,30,31,32,36,37)/p-1. The smallest absolute Gasteiger partial charge is 0.350 e. The van der Waals surface area contributed by atoms with Crippen LogP contribution in [0.2, 0.25) is 0 Å². The zero-order valence-electron chi connectivity index (χ0n) is 22.4. The number of likely N-dealkylation sites (N-methyl/N-ethyl adjacent to an activating group) is 1. The third-order valence-corrected chi connectivity index (χ3v) is 6.42. The number of anilines is 3. The molecule has 9 heteroatoms. The van der Waals surface area contributed by atoms with E-state index >= 15 is 0 Å². The molecule has 198 valence electrons. The van der Waals surface area contributed by atoms with Crippen LogP contribution < -0.4 is 30.2 Å². The largest absolute Gasteiger partial charge is 0.846 e. The SMILES string of the molecule is CN(C)c1ccc(C(c2ccc(N(C)C)cc2)c2ccc(N(C)CCOc3nc([O-])[nH]c(=O)n3)cc2)cc1. The van der Waals surface area contributed by atoms with Gasteiger partial charge in [-0.05, 0) is 53.1 Å². The topological polar surface area (TPSA) is 101 Å². The maximum atomic E-state index is 11.3. The van der Waals surface area contributed by atoms with Gasteiger partial charge in [0, 0.05) is 58.2 Å². The van der Waals surface area contributed by atoms with Crippen molar-refractivity contribution in [2.24, 2.45) is 0 Å². The summed E-state index contributed by atoms with van der Waals surface area (Å²) < 4.78 is 5.40. The molecule has 0 amide bonds. The quantitative estimate of drug-likeness (QED) is 0.323. The molecule has 3 aromatic carbocycles. The van der Waals surface area contributed by atoms with Crippen molar-refractivity contribution in [2.75, 3.05) is 63.1 Å². The number of aromatic nitrogens is 3. The van der Waals surface area contributed by atoms with Gasteiger partial charge in [-0.1, -0.05) is 36.4 Å². The van der Waals surface area contributed by atoms with Crippen molar-refractivity contribution in [3.05, 3.63) is 100.0 Å². The molecule has 1 heterocycles. The minimum atomic E-state index is -0.772. The van der Waals surface area contributed by atoms with Crippen molar-refractivity contribution in [2.45, 2.75) is 5.92 Å². The number of nitrogens with one attached hydrogen (secondary N) is 1. The Balaban J connectivity index is 1.53. The molecule has 0 aliphatic carbocycles. The van der Waals surface area contributed by atoms with Crippen LogP contribution in [0.1, 0.15) is 22.6 Å². The fourth-order valence-electron chi connectivity index (χ4n) is 4.24. The van der Waals surface area contributed by atoms with Crippen LogP contribution in [-0.2, 0) is 0 Å². The summed E-state index contributed by atoms with van der Waals surface area (Å²) in [5.74, 6) is 0.0831. The second-order valence-electron chi connectivity index (χ2n) is 9.51. The Morgan fingerprint density at radius 3 is 1.61 bits per heavy atom. The van der Waals surface area contributed by atoms with Crippen LogP contribution in [0.5, 0.6) is 12.0 Å². The van der Waals surface area contributed by atoms with Gasteiger partial charge in [-0.15, -0.1) is 4.98 Å². The zero-order valence-corrected chi connectivity index (χ0v) is 22.4. The van der Waals surface area contributed by atoms with Crippen LogP contribution in [-0.4, -0.2) is 63.3 Å². The van der Waals surface area contributed by atoms with Gasteiger partial charge in [0.2, 0.25) is 0 Å². The second kappa shape index (κ2) is 11.7. The molecule has 0 radical (unpaired) electrons. The average molecular weight is 514 g/mol. The Hall–Kier alpha value is -4.53. The van der Waals surface area contributed by atoms with Crippen molar-refractivity contribution >= 4 is 17.1 Å². The van der Waals surface area contributed by atoms with Gasteiger partial charge in [-0.2, -0.15) is 4.98 Å². The molecule has 0 spiro atoms. The lowest BCUT2D eigenvalue weighted by atomic mass is 9.85. The van der Waals surface area contributed by atoms with Gasteiger partial charge in [0.1, 0.15) is 6.61 Å². The van der Waals surface area contributed by atoms with Gasteiger partial charge in [-0.25, -0.2) is 4.79 Å².